The highest BCUT2D eigenvalue weighted by molar-refractivity contribution is 7.18. The first-order valence-corrected chi connectivity index (χ1v) is 7.54. The number of ketones is 1. The monoisotopic (exact) mass is 259 g/mol. The van der Waals surface area contributed by atoms with Crippen molar-refractivity contribution < 1.29 is 4.79 Å². The predicted octanol–water partition coefficient (Wildman–Crippen LogP) is 4.30. The maximum atomic E-state index is 12.2. The maximum absolute atomic E-state index is 12.2. The zero-order chi connectivity index (χ0) is 12.4. The highest BCUT2D eigenvalue weighted by Crippen LogP contribution is 2.33. The van der Waals surface area contributed by atoms with Crippen molar-refractivity contribution in [1.82, 2.24) is 4.98 Å². The summed E-state index contributed by atoms with van der Waals surface area (Å²) >= 11 is 1.69. The Morgan fingerprint density at radius 1 is 1.11 bits per heavy atom. The van der Waals surface area contributed by atoms with Crippen LogP contribution in [0.3, 0.4) is 0 Å². The summed E-state index contributed by atoms with van der Waals surface area (Å²) in [5, 5.41) is 1.03. The Bertz CT molecular complexity index is 527. The first-order valence-electron chi connectivity index (χ1n) is 6.73. The second-order valence-electron chi connectivity index (χ2n) is 4.99. The van der Waals surface area contributed by atoms with Crippen molar-refractivity contribution in [3.05, 3.63) is 29.3 Å². The molecule has 3 heteroatoms. The summed E-state index contributed by atoms with van der Waals surface area (Å²) in [6.07, 6.45) is 6.40. The molecule has 0 spiro atoms. The Kier molecular flexibility index (Phi) is 3.41. The van der Waals surface area contributed by atoms with Crippen LogP contribution < -0.4 is 0 Å². The fraction of sp³-hybridized carbons (Fsp3) is 0.467. The maximum Gasteiger partial charge on any atom is 0.142 e. The summed E-state index contributed by atoms with van der Waals surface area (Å²) in [6, 6.07) is 8.16. The second kappa shape index (κ2) is 5.19. The van der Waals surface area contributed by atoms with Crippen LogP contribution in [-0.2, 0) is 4.79 Å². The second-order valence-corrected chi connectivity index (χ2v) is 6.05. The van der Waals surface area contributed by atoms with Crippen molar-refractivity contribution in [2.75, 3.05) is 0 Å². The molecule has 94 valence electrons. The Labute approximate surface area is 111 Å². The van der Waals surface area contributed by atoms with Gasteiger partial charge in [-0.3, -0.25) is 4.79 Å². The third-order valence-electron chi connectivity index (χ3n) is 3.66. The molecule has 2 aromatic rings. The normalized spacial score (nSPS) is 21.8. The highest BCUT2D eigenvalue weighted by Gasteiger charge is 2.24. The van der Waals surface area contributed by atoms with Crippen LogP contribution in [0.1, 0.15) is 49.5 Å². The molecule has 1 aliphatic rings. The van der Waals surface area contributed by atoms with E-state index in [9.17, 15) is 4.79 Å². The Morgan fingerprint density at radius 3 is 2.83 bits per heavy atom. The molecule has 0 radical (unpaired) electrons. The molecule has 1 unspecified atom stereocenters. The fourth-order valence-electron chi connectivity index (χ4n) is 2.64. The van der Waals surface area contributed by atoms with Crippen molar-refractivity contribution in [2.24, 2.45) is 0 Å². The predicted molar refractivity (Wildman–Crippen MR) is 75.1 cm³/mol. The summed E-state index contributed by atoms with van der Waals surface area (Å²) in [4.78, 5) is 16.9. The van der Waals surface area contributed by atoms with Crippen LogP contribution in [0.15, 0.2) is 24.3 Å². The third-order valence-corrected chi connectivity index (χ3v) is 4.81. The van der Waals surface area contributed by atoms with Gasteiger partial charge < -0.3 is 0 Å². The van der Waals surface area contributed by atoms with E-state index in [1.807, 2.05) is 18.2 Å². The molecule has 18 heavy (non-hydrogen) atoms. The van der Waals surface area contributed by atoms with Gasteiger partial charge in [0.1, 0.15) is 10.8 Å². The molecule has 1 aliphatic carbocycles. The lowest BCUT2D eigenvalue weighted by molar-refractivity contribution is -0.121. The number of thiazole rings is 1. The summed E-state index contributed by atoms with van der Waals surface area (Å²) in [5.41, 5.74) is 1.03. The van der Waals surface area contributed by atoms with Gasteiger partial charge >= 0.3 is 0 Å². The van der Waals surface area contributed by atoms with Gasteiger partial charge in [-0.15, -0.1) is 11.3 Å². The molecule has 1 saturated carbocycles. The van der Waals surface area contributed by atoms with Gasteiger partial charge in [-0.25, -0.2) is 4.98 Å². The van der Waals surface area contributed by atoms with Gasteiger partial charge in [0.2, 0.25) is 0 Å². The third kappa shape index (κ3) is 2.32. The molecule has 1 aromatic carbocycles. The molecular weight excluding hydrogens is 242 g/mol. The molecule has 1 fully saturated rings. The molecule has 2 nitrogen and oxygen atoms in total. The number of carbonyl (C=O) groups is 1. The summed E-state index contributed by atoms with van der Waals surface area (Å²) < 4.78 is 1.20. The van der Waals surface area contributed by atoms with E-state index in [0.29, 0.717) is 5.78 Å². The summed E-state index contributed by atoms with van der Waals surface area (Å²) in [6.45, 7) is 0. The molecule has 0 N–H and O–H groups in total. The van der Waals surface area contributed by atoms with E-state index in [0.717, 1.165) is 36.2 Å². The van der Waals surface area contributed by atoms with Gasteiger partial charge in [0, 0.05) is 6.42 Å². The first kappa shape index (κ1) is 11.8. The number of para-hydroxylation sites is 1. The zero-order valence-electron chi connectivity index (χ0n) is 10.4. The summed E-state index contributed by atoms with van der Waals surface area (Å²) in [5.74, 6) is 0.455. The Balaban J connectivity index is 1.93. The average Bonchev–Trinajstić information content (AvgIpc) is 2.77. The minimum absolute atomic E-state index is 0.0581. The SMILES string of the molecule is O=C1CCCCCCC1c1nc2ccccc2s1. The van der Waals surface area contributed by atoms with E-state index < -0.39 is 0 Å². The van der Waals surface area contributed by atoms with Gasteiger partial charge in [0.05, 0.1) is 16.1 Å². The lowest BCUT2D eigenvalue weighted by atomic mass is 9.90. The standard InChI is InChI=1S/C15H17NOS/c17-13-9-4-2-1-3-7-11(13)15-16-12-8-5-6-10-14(12)18-15/h5-6,8,10-11H,1-4,7,9H2. The summed E-state index contributed by atoms with van der Waals surface area (Å²) in [7, 11) is 0. The quantitative estimate of drug-likeness (QED) is 0.764. The lowest BCUT2D eigenvalue weighted by Crippen LogP contribution is -2.14. The van der Waals surface area contributed by atoms with Gasteiger partial charge in [-0.1, -0.05) is 31.4 Å². The van der Waals surface area contributed by atoms with Crippen molar-refractivity contribution >= 4 is 27.3 Å². The first-order chi connectivity index (χ1) is 8.84. The zero-order valence-corrected chi connectivity index (χ0v) is 11.2. The van der Waals surface area contributed by atoms with Crippen molar-refractivity contribution in [1.29, 1.82) is 0 Å². The minimum Gasteiger partial charge on any atom is -0.299 e. The molecule has 1 heterocycles. The van der Waals surface area contributed by atoms with E-state index in [1.165, 1.54) is 17.5 Å². The molecule has 0 amide bonds. The van der Waals surface area contributed by atoms with Crippen LogP contribution in [0.4, 0.5) is 0 Å². The van der Waals surface area contributed by atoms with Crippen molar-refractivity contribution in [3.8, 4) is 0 Å². The molecule has 1 aromatic heterocycles. The van der Waals surface area contributed by atoms with Crippen LogP contribution in [0.2, 0.25) is 0 Å². The van der Waals surface area contributed by atoms with Crippen LogP contribution in [0.5, 0.6) is 0 Å². The Hall–Kier alpha value is -1.22. The van der Waals surface area contributed by atoms with Crippen molar-refractivity contribution in [3.63, 3.8) is 0 Å². The van der Waals surface area contributed by atoms with Gasteiger partial charge in [-0.2, -0.15) is 0 Å². The molecule has 0 aliphatic heterocycles. The van der Waals surface area contributed by atoms with Crippen LogP contribution >= 0.6 is 11.3 Å². The van der Waals surface area contributed by atoms with Gasteiger partial charge in [0.25, 0.3) is 0 Å². The van der Waals surface area contributed by atoms with Crippen LogP contribution in [0.25, 0.3) is 10.2 Å². The number of aromatic nitrogens is 1. The number of hydrogen-bond donors (Lipinski definition) is 0. The van der Waals surface area contributed by atoms with E-state index in [1.54, 1.807) is 11.3 Å². The Morgan fingerprint density at radius 2 is 1.94 bits per heavy atom. The number of carbonyl (C=O) groups excluding carboxylic acids is 1. The van der Waals surface area contributed by atoms with E-state index in [2.05, 4.69) is 11.1 Å². The molecule has 3 rings (SSSR count). The topological polar surface area (TPSA) is 30.0 Å². The minimum atomic E-state index is 0.0581. The fourth-order valence-corrected chi connectivity index (χ4v) is 3.76. The number of hydrogen-bond acceptors (Lipinski definition) is 3. The van der Waals surface area contributed by atoms with Gasteiger partial charge in [-0.05, 0) is 25.0 Å². The van der Waals surface area contributed by atoms with Crippen LogP contribution in [0, 0.1) is 0 Å². The number of Topliss-reactive ketones (excluding diaryl/α,β-unsaturated/α-hetero) is 1. The van der Waals surface area contributed by atoms with E-state index in [-0.39, 0.29) is 5.92 Å². The number of rotatable bonds is 1. The number of fused-ring (bicyclic) bond motifs is 1. The highest BCUT2D eigenvalue weighted by atomic mass is 32.1. The van der Waals surface area contributed by atoms with Gasteiger partial charge in [0.15, 0.2) is 0 Å². The lowest BCUT2D eigenvalue weighted by Gasteiger charge is -2.16. The number of benzene rings is 1. The number of nitrogens with zero attached hydrogens (tertiary/aromatic N) is 1. The molecule has 0 saturated heterocycles. The molecule has 0 bridgehead atoms. The molecular formula is C15H17NOS. The average molecular weight is 259 g/mol. The molecule has 1 atom stereocenters. The smallest absolute Gasteiger partial charge is 0.142 e. The van der Waals surface area contributed by atoms with Crippen LogP contribution in [-0.4, -0.2) is 10.8 Å². The van der Waals surface area contributed by atoms with E-state index in [4.69, 9.17) is 0 Å². The van der Waals surface area contributed by atoms with E-state index >= 15 is 0 Å². The van der Waals surface area contributed by atoms with Crippen molar-refractivity contribution in [2.45, 2.75) is 44.4 Å². The largest absolute Gasteiger partial charge is 0.299 e.